The van der Waals surface area contributed by atoms with E-state index in [0.717, 1.165) is 0 Å². The van der Waals surface area contributed by atoms with Gasteiger partial charge in [0.25, 0.3) is 5.91 Å². The molecule has 0 bridgehead atoms. The number of rotatable bonds is 5. The first-order valence-electron chi connectivity index (χ1n) is 7.03. The van der Waals surface area contributed by atoms with Crippen LogP contribution in [-0.4, -0.2) is 48.1 Å². The number of carbonyl (C=O) groups is 1. The molecule has 1 saturated heterocycles. The first-order valence-corrected chi connectivity index (χ1v) is 7.03. The highest BCUT2D eigenvalue weighted by molar-refractivity contribution is 5.81. The van der Waals surface area contributed by atoms with Gasteiger partial charge in [-0.3, -0.25) is 14.9 Å². The Morgan fingerprint density at radius 3 is 2.77 bits per heavy atom. The maximum absolute atomic E-state index is 12.3. The number of nitro benzene ring substituents is 1. The van der Waals surface area contributed by atoms with Crippen molar-refractivity contribution in [3.05, 3.63) is 33.9 Å². The first-order chi connectivity index (χ1) is 10.5. The summed E-state index contributed by atoms with van der Waals surface area (Å²) in [5, 5.41) is 11.1. The Labute approximate surface area is 127 Å². The highest BCUT2D eigenvalue weighted by Gasteiger charge is 2.26. The zero-order chi connectivity index (χ0) is 16.1. The van der Waals surface area contributed by atoms with E-state index in [1.54, 1.807) is 17.9 Å². The van der Waals surface area contributed by atoms with E-state index >= 15 is 0 Å². The Balaban J connectivity index is 2.14. The van der Waals surface area contributed by atoms with E-state index in [1.165, 1.54) is 12.1 Å². The van der Waals surface area contributed by atoms with E-state index in [-0.39, 0.29) is 23.9 Å². The quantitative estimate of drug-likeness (QED) is 0.633. The van der Waals surface area contributed by atoms with Gasteiger partial charge < -0.3 is 20.1 Å². The molecule has 120 valence electrons. The molecular formula is C14H19N3O5. The van der Waals surface area contributed by atoms with Gasteiger partial charge in [0, 0.05) is 25.7 Å². The second-order valence-electron chi connectivity index (χ2n) is 4.96. The summed E-state index contributed by atoms with van der Waals surface area (Å²) >= 11 is 0. The van der Waals surface area contributed by atoms with Crippen LogP contribution >= 0.6 is 0 Å². The van der Waals surface area contributed by atoms with Crippen LogP contribution in [0.5, 0.6) is 5.75 Å². The summed E-state index contributed by atoms with van der Waals surface area (Å²) in [6.45, 7) is 3.79. The number of carbonyl (C=O) groups excluding carboxylic acids is 1. The molecule has 1 aliphatic heterocycles. The average Bonchev–Trinajstić information content (AvgIpc) is 2.54. The smallest absolute Gasteiger partial charge is 0.310 e. The molecule has 1 amide bonds. The minimum atomic E-state index is -0.815. The van der Waals surface area contributed by atoms with Crippen LogP contribution in [-0.2, 0) is 16.1 Å². The van der Waals surface area contributed by atoms with Crippen molar-refractivity contribution in [3.8, 4) is 5.75 Å². The minimum absolute atomic E-state index is 0.0575. The Morgan fingerprint density at radius 1 is 1.50 bits per heavy atom. The summed E-state index contributed by atoms with van der Waals surface area (Å²) < 4.78 is 10.7. The van der Waals surface area contributed by atoms with Crippen molar-refractivity contribution >= 4 is 11.6 Å². The fourth-order valence-corrected chi connectivity index (χ4v) is 2.21. The lowest BCUT2D eigenvalue weighted by atomic mass is 10.2. The van der Waals surface area contributed by atoms with Crippen LogP contribution in [0, 0.1) is 10.1 Å². The molecule has 0 saturated carbocycles. The molecular weight excluding hydrogens is 290 g/mol. The van der Waals surface area contributed by atoms with Crippen LogP contribution in [0.4, 0.5) is 5.69 Å². The van der Waals surface area contributed by atoms with Crippen molar-refractivity contribution in [2.24, 2.45) is 5.73 Å². The maximum atomic E-state index is 12.3. The molecule has 8 heteroatoms. The lowest BCUT2D eigenvalue weighted by molar-refractivity contribution is -0.386. The van der Waals surface area contributed by atoms with Gasteiger partial charge in [-0.25, -0.2) is 0 Å². The van der Waals surface area contributed by atoms with Gasteiger partial charge in [0.1, 0.15) is 0 Å². The van der Waals surface area contributed by atoms with Crippen LogP contribution in [0.25, 0.3) is 0 Å². The van der Waals surface area contributed by atoms with E-state index in [9.17, 15) is 14.9 Å². The number of benzene rings is 1. The monoisotopic (exact) mass is 309 g/mol. The van der Waals surface area contributed by atoms with Crippen LogP contribution < -0.4 is 10.5 Å². The van der Waals surface area contributed by atoms with Gasteiger partial charge in [0.2, 0.25) is 0 Å². The second-order valence-corrected chi connectivity index (χ2v) is 4.96. The molecule has 0 spiro atoms. The molecule has 1 aliphatic rings. The number of hydrogen-bond acceptors (Lipinski definition) is 6. The van der Waals surface area contributed by atoms with Gasteiger partial charge in [-0.15, -0.1) is 0 Å². The van der Waals surface area contributed by atoms with E-state index in [0.29, 0.717) is 31.9 Å². The fraction of sp³-hybridized carbons (Fsp3) is 0.500. The highest BCUT2D eigenvalue weighted by atomic mass is 16.6. The predicted octanol–water partition coefficient (Wildman–Crippen LogP) is 0.680. The third kappa shape index (κ3) is 3.71. The second kappa shape index (κ2) is 7.19. The zero-order valence-electron chi connectivity index (χ0n) is 12.4. The van der Waals surface area contributed by atoms with E-state index in [4.69, 9.17) is 15.2 Å². The molecule has 2 N–H and O–H groups in total. The Hall–Kier alpha value is -2.19. The topological polar surface area (TPSA) is 108 Å². The van der Waals surface area contributed by atoms with Crippen molar-refractivity contribution in [1.29, 1.82) is 0 Å². The SMILES string of the molecule is CC(Oc1cc(CN)ccc1[N+](=O)[O-])C(=O)N1CCOCC1. The normalized spacial score (nSPS) is 16.2. The van der Waals surface area contributed by atoms with E-state index in [1.807, 2.05) is 0 Å². The molecule has 2 rings (SSSR count). The van der Waals surface area contributed by atoms with Crippen LogP contribution in [0.1, 0.15) is 12.5 Å². The number of nitro groups is 1. The Bertz CT molecular complexity index is 557. The van der Waals surface area contributed by atoms with Crippen molar-refractivity contribution < 1.29 is 19.2 Å². The van der Waals surface area contributed by atoms with Gasteiger partial charge in [-0.05, 0) is 18.6 Å². The lowest BCUT2D eigenvalue weighted by Gasteiger charge is -2.29. The van der Waals surface area contributed by atoms with Crippen molar-refractivity contribution in [3.63, 3.8) is 0 Å². The van der Waals surface area contributed by atoms with Gasteiger partial charge in [-0.1, -0.05) is 6.07 Å². The molecule has 0 aromatic heterocycles. The fourth-order valence-electron chi connectivity index (χ4n) is 2.21. The third-order valence-electron chi connectivity index (χ3n) is 3.43. The third-order valence-corrected chi connectivity index (χ3v) is 3.43. The van der Waals surface area contributed by atoms with Gasteiger partial charge in [0.15, 0.2) is 11.9 Å². The Morgan fingerprint density at radius 2 is 2.18 bits per heavy atom. The minimum Gasteiger partial charge on any atom is -0.474 e. The number of ether oxygens (including phenoxy) is 2. The van der Waals surface area contributed by atoms with Crippen LogP contribution in [0.2, 0.25) is 0 Å². The number of nitrogens with zero attached hydrogens (tertiary/aromatic N) is 2. The molecule has 1 unspecified atom stereocenters. The van der Waals surface area contributed by atoms with Crippen LogP contribution in [0.3, 0.4) is 0 Å². The summed E-state index contributed by atoms with van der Waals surface area (Å²) in [5.41, 5.74) is 6.06. The molecule has 22 heavy (non-hydrogen) atoms. The zero-order valence-corrected chi connectivity index (χ0v) is 12.4. The molecule has 1 heterocycles. The largest absolute Gasteiger partial charge is 0.474 e. The summed E-state index contributed by atoms with van der Waals surface area (Å²) in [4.78, 5) is 24.4. The van der Waals surface area contributed by atoms with Crippen molar-refractivity contribution in [2.45, 2.75) is 19.6 Å². The van der Waals surface area contributed by atoms with E-state index < -0.39 is 11.0 Å². The van der Waals surface area contributed by atoms with Gasteiger partial charge >= 0.3 is 5.69 Å². The highest BCUT2D eigenvalue weighted by Crippen LogP contribution is 2.29. The molecule has 1 fully saturated rings. The average molecular weight is 309 g/mol. The number of nitrogens with two attached hydrogens (primary N) is 1. The molecule has 1 aromatic carbocycles. The summed E-state index contributed by atoms with van der Waals surface area (Å²) in [5.74, 6) is -0.155. The summed E-state index contributed by atoms with van der Waals surface area (Å²) in [7, 11) is 0. The standard InChI is InChI=1S/C14H19N3O5/c1-10(14(18)16-4-6-21-7-5-16)22-13-8-11(9-15)2-3-12(13)17(19)20/h2-3,8,10H,4-7,9,15H2,1H3. The van der Waals surface area contributed by atoms with Crippen molar-refractivity contribution in [1.82, 2.24) is 4.90 Å². The maximum Gasteiger partial charge on any atom is 0.310 e. The van der Waals surface area contributed by atoms with Crippen molar-refractivity contribution in [2.75, 3.05) is 26.3 Å². The summed E-state index contributed by atoms with van der Waals surface area (Å²) in [6, 6.07) is 4.41. The molecule has 1 atom stereocenters. The Kier molecular flexibility index (Phi) is 5.29. The molecule has 1 aromatic rings. The number of hydrogen-bond donors (Lipinski definition) is 1. The molecule has 0 aliphatic carbocycles. The molecule has 0 radical (unpaired) electrons. The van der Waals surface area contributed by atoms with E-state index in [2.05, 4.69) is 0 Å². The van der Waals surface area contributed by atoms with Gasteiger partial charge in [0.05, 0.1) is 18.1 Å². The number of amides is 1. The van der Waals surface area contributed by atoms with Gasteiger partial charge in [-0.2, -0.15) is 0 Å². The first kappa shape index (κ1) is 16.2. The van der Waals surface area contributed by atoms with Crippen LogP contribution in [0.15, 0.2) is 18.2 Å². The predicted molar refractivity (Wildman–Crippen MR) is 78.5 cm³/mol. The number of morpholine rings is 1. The molecule has 8 nitrogen and oxygen atoms in total. The lowest BCUT2D eigenvalue weighted by Crippen LogP contribution is -2.46. The summed E-state index contributed by atoms with van der Waals surface area (Å²) in [6.07, 6.45) is -0.815.